The number of carbonyl (C=O) groups excluding carboxylic acids is 1. The van der Waals surface area contributed by atoms with Crippen LogP contribution in [0.4, 0.5) is 0 Å². The number of thioether (sulfide) groups is 1. The van der Waals surface area contributed by atoms with Gasteiger partial charge in [-0.3, -0.25) is 4.79 Å². The molecule has 0 aromatic rings. The third kappa shape index (κ3) is 9.90. The van der Waals surface area contributed by atoms with E-state index in [1.165, 1.54) is 24.3 Å². The minimum atomic E-state index is 0.215. The second-order valence-electron chi connectivity index (χ2n) is 3.42. The number of rotatable bonds is 9. The fraction of sp³-hybridized carbons (Fsp3) is 0.909. The van der Waals surface area contributed by atoms with Crippen molar-refractivity contribution >= 4 is 17.7 Å². The number of unbranched alkanes of at least 4 members (excludes halogenated alkanes) is 1. The molecule has 0 bridgehead atoms. The molecule has 0 saturated heterocycles. The predicted octanol–water partition coefficient (Wildman–Crippen LogP) is 2.83. The van der Waals surface area contributed by atoms with Gasteiger partial charge in [-0.2, -0.15) is 11.8 Å². The Morgan fingerprint density at radius 3 is 2.57 bits per heavy atom. The van der Waals surface area contributed by atoms with Crippen molar-refractivity contribution in [3.8, 4) is 0 Å². The minimum absolute atomic E-state index is 0.215. The van der Waals surface area contributed by atoms with Crippen molar-refractivity contribution in [2.24, 2.45) is 0 Å². The lowest BCUT2D eigenvalue weighted by molar-refractivity contribution is -0.121. The monoisotopic (exact) mass is 217 g/mol. The van der Waals surface area contributed by atoms with Crippen molar-refractivity contribution in [3.05, 3.63) is 0 Å². The Labute approximate surface area is 92.2 Å². The van der Waals surface area contributed by atoms with Gasteiger partial charge in [-0.05, 0) is 37.2 Å². The molecule has 0 saturated carbocycles. The van der Waals surface area contributed by atoms with E-state index in [9.17, 15) is 4.79 Å². The third-order valence-electron chi connectivity index (χ3n) is 1.86. The van der Waals surface area contributed by atoms with Gasteiger partial charge < -0.3 is 5.32 Å². The van der Waals surface area contributed by atoms with E-state index in [0.717, 1.165) is 19.4 Å². The van der Waals surface area contributed by atoms with Crippen LogP contribution in [-0.2, 0) is 4.79 Å². The molecular formula is C11H23NOS. The lowest BCUT2D eigenvalue weighted by atomic mass is 10.2. The molecular weight excluding hydrogens is 194 g/mol. The Morgan fingerprint density at radius 1 is 1.14 bits per heavy atom. The summed E-state index contributed by atoms with van der Waals surface area (Å²) in [6.45, 7) is 5.09. The molecule has 0 aliphatic carbocycles. The first kappa shape index (κ1) is 13.8. The van der Waals surface area contributed by atoms with Gasteiger partial charge in [0.15, 0.2) is 0 Å². The minimum Gasteiger partial charge on any atom is -0.356 e. The molecule has 1 amide bonds. The van der Waals surface area contributed by atoms with Crippen LogP contribution in [0, 0.1) is 0 Å². The van der Waals surface area contributed by atoms with Gasteiger partial charge in [0.05, 0.1) is 0 Å². The van der Waals surface area contributed by atoms with Gasteiger partial charge in [-0.1, -0.05) is 13.8 Å². The van der Waals surface area contributed by atoms with E-state index in [4.69, 9.17) is 0 Å². The molecule has 0 heterocycles. The topological polar surface area (TPSA) is 29.1 Å². The maximum atomic E-state index is 11.2. The summed E-state index contributed by atoms with van der Waals surface area (Å²) in [6, 6.07) is 0. The molecule has 84 valence electrons. The average molecular weight is 217 g/mol. The Hall–Kier alpha value is -0.180. The van der Waals surface area contributed by atoms with Crippen LogP contribution in [-0.4, -0.2) is 24.0 Å². The van der Waals surface area contributed by atoms with Gasteiger partial charge >= 0.3 is 0 Å². The fourth-order valence-electron chi connectivity index (χ4n) is 1.09. The zero-order valence-corrected chi connectivity index (χ0v) is 10.3. The summed E-state index contributed by atoms with van der Waals surface area (Å²) in [5, 5.41) is 2.89. The van der Waals surface area contributed by atoms with Gasteiger partial charge in [0.25, 0.3) is 0 Å². The van der Waals surface area contributed by atoms with Gasteiger partial charge in [0.2, 0.25) is 5.91 Å². The molecule has 0 spiro atoms. The van der Waals surface area contributed by atoms with E-state index in [1.54, 1.807) is 0 Å². The van der Waals surface area contributed by atoms with Gasteiger partial charge in [0.1, 0.15) is 0 Å². The highest BCUT2D eigenvalue weighted by atomic mass is 32.2. The standard InChI is InChI=1S/C11H23NOS/c1-3-8-12-11(13)7-5-6-10-14-9-4-2/h3-10H2,1-2H3,(H,12,13). The van der Waals surface area contributed by atoms with E-state index in [2.05, 4.69) is 19.2 Å². The van der Waals surface area contributed by atoms with Crippen LogP contribution in [0.2, 0.25) is 0 Å². The molecule has 0 aromatic carbocycles. The highest BCUT2D eigenvalue weighted by Crippen LogP contribution is 2.07. The van der Waals surface area contributed by atoms with Crippen molar-refractivity contribution in [1.82, 2.24) is 5.32 Å². The number of hydrogen-bond acceptors (Lipinski definition) is 2. The Kier molecular flexibility index (Phi) is 10.8. The van der Waals surface area contributed by atoms with Crippen molar-refractivity contribution in [3.63, 3.8) is 0 Å². The SMILES string of the molecule is CCCNC(=O)CCCCSCCC. The van der Waals surface area contributed by atoms with Crippen LogP contribution in [0.5, 0.6) is 0 Å². The molecule has 0 rings (SSSR count). The largest absolute Gasteiger partial charge is 0.356 e. The Bertz CT molecular complexity index is 139. The third-order valence-corrected chi connectivity index (χ3v) is 3.14. The van der Waals surface area contributed by atoms with Crippen molar-refractivity contribution < 1.29 is 4.79 Å². The number of amides is 1. The molecule has 0 atom stereocenters. The van der Waals surface area contributed by atoms with Crippen LogP contribution < -0.4 is 5.32 Å². The fourth-order valence-corrected chi connectivity index (χ4v) is 1.99. The molecule has 0 aliphatic heterocycles. The summed E-state index contributed by atoms with van der Waals surface area (Å²) >= 11 is 1.99. The molecule has 1 N–H and O–H groups in total. The summed E-state index contributed by atoms with van der Waals surface area (Å²) in [5.74, 6) is 2.67. The summed E-state index contributed by atoms with van der Waals surface area (Å²) in [4.78, 5) is 11.2. The lowest BCUT2D eigenvalue weighted by Gasteiger charge is -2.03. The second kappa shape index (κ2) is 10.9. The van der Waals surface area contributed by atoms with Crippen molar-refractivity contribution in [2.45, 2.75) is 46.0 Å². The molecule has 0 aliphatic rings. The van der Waals surface area contributed by atoms with Gasteiger partial charge in [-0.25, -0.2) is 0 Å². The number of carbonyl (C=O) groups is 1. The summed E-state index contributed by atoms with van der Waals surface area (Å²) in [7, 11) is 0. The molecule has 2 nitrogen and oxygen atoms in total. The van der Waals surface area contributed by atoms with Crippen LogP contribution in [0.3, 0.4) is 0 Å². The van der Waals surface area contributed by atoms with Crippen molar-refractivity contribution in [1.29, 1.82) is 0 Å². The van der Waals surface area contributed by atoms with Gasteiger partial charge in [-0.15, -0.1) is 0 Å². The second-order valence-corrected chi connectivity index (χ2v) is 4.64. The summed E-state index contributed by atoms with van der Waals surface area (Å²) < 4.78 is 0. The maximum Gasteiger partial charge on any atom is 0.219 e. The Balaban J connectivity index is 3.07. The van der Waals surface area contributed by atoms with E-state index in [-0.39, 0.29) is 5.91 Å². The van der Waals surface area contributed by atoms with Crippen LogP contribution in [0.1, 0.15) is 46.0 Å². The van der Waals surface area contributed by atoms with Gasteiger partial charge in [0, 0.05) is 13.0 Å². The highest BCUT2D eigenvalue weighted by molar-refractivity contribution is 7.99. The number of nitrogens with one attached hydrogen (secondary N) is 1. The Morgan fingerprint density at radius 2 is 1.93 bits per heavy atom. The van der Waals surface area contributed by atoms with Crippen LogP contribution in [0.25, 0.3) is 0 Å². The van der Waals surface area contributed by atoms with E-state index < -0.39 is 0 Å². The average Bonchev–Trinajstić information content (AvgIpc) is 2.20. The smallest absolute Gasteiger partial charge is 0.219 e. The van der Waals surface area contributed by atoms with Crippen molar-refractivity contribution in [2.75, 3.05) is 18.1 Å². The van der Waals surface area contributed by atoms with Crippen LogP contribution in [0.15, 0.2) is 0 Å². The lowest BCUT2D eigenvalue weighted by Crippen LogP contribution is -2.23. The first-order valence-electron chi connectivity index (χ1n) is 5.65. The zero-order chi connectivity index (χ0) is 10.6. The molecule has 14 heavy (non-hydrogen) atoms. The van der Waals surface area contributed by atoms with E-state index in [0.29, 0.717) is 6.42 Å². The van der Waals surface area contributed by atoms with Crippen LogP contribution >= 0.6 is 11.8 Å². The normalized spacial score (nSPS) is 10.1. The maximum absolute atomic E-state index is 11.2. The molecule has 0 fully saturated rings. The summed E-state index contributed by atoms with van der Waals surface area (Å²) in [5.41, 5.74) is 0. The zero-order valence-electron chi connectivity index (χ0n) is 9.47. The van der Waals surface area contributed by atoms with E-state index in [1.807, 2.05) is 11.8 Å². The quantitative estimate of drug-likeness (QED) is 0.602. The molecule has 0 aromatic heterocycles. The number of hydrogen-bond donors (Lipinski definition) is 1. The first-order chi connectivity index (χ1) is 6.81. The molecule has 0 radical (unpaired) electrons. The molecule has 0 unspecified atom stereocenters. The summed E-state index contributed by atoms with van der Waals surface area (Å²) in [6.07, 6.45) is 5.18. The predicted molar refractivity (Wildman–Crippen MR) is 64.8 cm³/mol. The first-order valence-corrected chi connectivity index (χ1v) is 6.81. The van der Waals surface area contributed by atoms with E-state index >= 15 is 0 Å². The molecule has 3 heteroatoms. The highest BCUT2D eigenvalue weighted by Gasteiger charge is 1.98.